The van der Waals surface area contributed by atoms with Crippen molar-refractivity contribution in [2.75, 3.05) is 0 Å². The van der Waals surface area contributed by atoms with Gasteiger partial charge in [0.2, 0.25) is 0 Å². The number of benzene rings is 7. The molecule has 0 unspecified atom stereocenters. The van der Waals surface area contributed by atoms with Gasteiger partial charge in [-0.3, -0.25) is 0 Å². The summed E-state index contributed by atoms with van der Waals surface area (Å²) >= 11 is 0. The summed E-state index contributed by atoms with van der Waals surface area (Å²) in [6, 6.07) is 49.6. The minimum absolute atomic E-state index is 1.28. The molecule has 1 aliphatic heterocycles. The highest BCUT2D eigenvalue weighted by Crippen LogP contribution is 2.41. The van der Waals surface area contributed by atoms with Crippen LogP contribution in [-0.2, 0) is 0 Å². The monoisotopic (exact) mass is 512 g/mol. The van der Waals surface area contributed by atoms with Crippen LogP contribution in [0.4, 0.5) is 0 Å². The second kappa shape index (κ2) is 8.27. The summed E-state index contributed by atoms with van der Waals surface area (Å²) in [6.07, 6.45) is 0. The fourth-order valence-corrected chi connectivity index (χ4v) is 10.5. The van der Waals surface area contributed by atoms with Crippen LogP contribution >= 0.6 is 0 Å². The van der Waals surface area contributed by atoms with E-state index in [0.29, 0.717) is 0 Å². The van der Waals surface area contributed by atoms with Gasteiger partial charge in [0.05, 0.1) is 0 Å². The molecule has 0 N–H and O–H groups in total. The fraction of sp³-hybridized carbons (Fsp3) is 0.0526. The van der Waals surface area contributed by atoms with Crippen molar-refractivity contribution in [1.82, 2.24) is 0 Å². The van der Waals surface area contributed by atoms with E-state index in [2.05, 4.69) is 147 Å². The lowest BCUT2D eigenvalue weighted by Gasteiger charge is -2.22. The van der Waals surface area contributed by atoms with Crippen LogP contribution in [0.15, 0.2) is 133 Å². The van der Waals surface area contributed by atoms with Crippen LogP contribution in [0, 0.1) is 0 Å². The summed E-state index contributed by atoms with van der Waals surface area (Å²) in [5, 5.41) is 11.3. The van der Waals surface area contributed by atoms with E-state index in [9.17, 15) is 0 Å². The van der Waals surface area contributed by atoms with Crippen molar-refractivity contribution in [2.45, 2.75) is 13.1 Å². The Morgan fingerprint density at radius 2 is 0.974 bits per heavy atom. The molecule has 0 saturated heterocycles. The molecule has 0 atom stereocenters. The number of fused-ring (bicyclic) bond motifs is 9. The quantitative estimate of drug-likeness (QED) is 0.160. The van der Waals surface area contributed by atoms with Gasteiger partial charge in [0, 0.05) is 0 Å². The van der Waals surface area contributed by atoms with Gasteiger partial charge in [0.15, 0.2) is 0 Å². The first kappa shape index (κ1) is 22.5. The van der Waals surface area contributed by atoms with E-state index in [0.717, 1.165) is 0 Å². The first-order valence-electron chi connectivity index (χ1n) is 13.8. The van der Waals surface area contributed by atoms with Crippen molar-refractivity contribution in [2.24, 2.45) is 0 Å². The maximum Gasteiger partial charge on any atom is 0.114 e. The van der Waals surface area contributed by atoms with Gasteiger partial charge < -0.3 is 0 Å². The van der Waals surface area contributed by atoms with Crippen LogP contribution in [0.3, 0.4) is 0 Å². The molecule has 0 fully saturated rings. The molecule has 8 rings (SSSR count). The smallest absolute Gasteiger partial charge is 0.0616 e. The Morgan fingerprint density at radius 3 is 1.77 bits per heavy atom. The zero-order valence-corrected chi connectivity index (χ0v) is 23.2. The molecule has 7 aromatic rings. The predicted molar refractivity (Wildman–Crippen MR) is 172 cm³/mol. The molecule has 0 saturated carbocycles. The van der Waals surface area contributed by atoms with Crippen LogP contribution in [0.25, 0.3) is 65.7 Å². The van der Waals surface area contributed by atoms with E-state index >= 15 is 0 Å². The van der Waals surface area contributed by atoms with Crippen molar-refractivity contribution >= 4 is 50.8 Å². The van der Waals surface area contributed by atoms with Crippen LogP contribution < -0.4 is 10.4 Å². The molecular weight excluding hydrogens is 485 g/mol. The summed E-state index contributed by atoms with van der Waals surface area (Å²) in [6.45, 7) is 5.08. The second-order valence-electron chi connectivity index (χ2n) is 11.3. The van der Waals surface area contributed by atoms with Crippen molar-refractivity contribution in [3.63, 3.8) is 0 Å². The normalized spacial score (nSPS) is 13.6. The van der Waals surface area contributed by atoms with E-state index in [4.69, 9.17) is 0 Å². The molecule has 184 valence electrons. The molecular formula is C38H28Si. The third-order valence-corrected chi connectivity index (χ3v) is 12.4. The Kier molecular flexibility index (Phi) is 4.77. The summed E-state index contributed by atoms with van der Waals surface area (Å²) in [5.74, 6) is 0. The third kappa shape index (κ3) is 3.17. The van der Waals surface area contributed by atoms with Gasteiger partial charge in [-0.1, -0.05) is 147 Å². The zero-order valence-electron chi connectivity index (χ0n) is 22.2. The number of hydrogen-bond donors (Lipinski definition) is 0. The first-order valence-corrected chi connectivity index (χ1v) is 16.8. The van der Waals surface area contributed by atoms with Crippen LogP contribution in [0.1, 0.15) is 0 Å². The highest BCUT2D eigenvalue weighted by molar-refractivity contribution is 7.05. The minimum Gasteiger partial charge on any atom is -0.0616 e. The largest absolute Gasteiger partial charge is 0.114 e. The van der Waals surface area contributed by atoms with Gasteiger partial charge in [-0.15, -0.1) is 0 Å². The lowest BCUT2D eigenvalue weighted by atomic mass is 9.90. The summed E-state index contributed by atoms with van der Waals surface area (Å²) in [4.78, 5) is 0. The molecule has 0 nitrogen and oxygen atoms in total. The lowest BCUT2D eigenvalue weighted by molar-refractivity contribution is 1.61. The minimum atomic E-state index is -1.97. The van der Waals surface area contributed by atoms with E-state index in [-0.39, 0.29) is 0 Å². The summed E-state index contributed by atoms with van der Waals surface area (Å²) in [7, 11) is -1.97. The molecule has 39 heavy (non-hydrogen) atoms. The molecule has 1 aliphatic rings. The lowest BCUT2D eigenvalue weighted by Crippen LogP contribution is -2.49. The van der Waals surface area contributed by atoms with Gasteiger partial charge in [-0.25, -0.2) is 0 Å². The summed E-state index contributed by atoms with van der Waals surface area (Å²) in [5.41, 5.74) is 8.08. The third-order valence-electron chi connectivity index (χ3n) is 8.84. The van der Waals surface area contributed by atoms with Crippen molar-refractivity contribution in [1.29, 1.82) is 0 Å². The molecule has 0 radical (unpaired) electrons. The van der Waals surface area contributed by atoms with Gasteiger partial charge >= 0.3 is 0 Å². The van der Waals surface area contributed by atoms with Crippen molar-refractivity contribution < 1.29 is 0 Å². The fourth-order valence-electron chi connectivity index (χ4n) is 7.08. The molecule has 0 bridgehead atoms. The van der Waals surface area contributed by atoms with Gasteiger partial charge in [0.25, 0.3) is 0 Å². The maximum absolute atomic E-state index is 2.54. The van der Waals surface area contributed by atoms with Crippen molar-refractivity contribution in [3.05, 3.63) is 133 Å². The molecule has 7 aromatic carbocycles. The standard InChI is InChI=1S/C38H28Si/c1-39(2)36-24-26(28-15-5-6-16-29(28)30-21-11-13-25-12-3-4-14-27(25)30)22-23-35(36)37-33-19-9-7-17-31(33)32-18-8-10-20-34(32)38(37)39/h3-24H,1-2H3. The topological polar surface area (TPSA) is 0 Å². The van der Waals surface area contributed by atoms with Crippen molar-refractivity contribution in [3.8, 4) is 33.4 Å². The Labute approximate surface area is 230 Å². The number of hydrogen-bond acceptors (Lipinski definition) is 0. The molecule has 1 heteroatoms. The number of rotatable bonds is 2. The van der Waals surface area contributed by atoms with Crippen LogP contribution in [0.2, 0.25) is 13.1 Å². The SMILES string of the molecule is C[Si]1(C)c2cc(-c3ccccc3-c3cccc4ccccc34)ccc2-c2c1c1ccccc1c1ccccc21. The Bertz CT molecular complexity index is 2090. The first-order chi connectivity index (χ1) is 19.1. The molecule has 0 aliphatic carbocycles. The Morgan fingerprint density at radius 1 is 0.410 bits per heavy atom. The average Bonchev–Trinajstić information content (AvgIpc) is 3.23. The van der Waals surface area contributed by atoms with E-state index in [1.807, 2.05) is 0 Å². The van der Waals surface area contributed by atoms with Gasteiger partial charge in [-0.2, -0.15) is 0 Å². The molecule has 0 amide bonds. The van der Waals surface area contributed by atoms with Gasteiger partial charge in [0.1, 0.15) is 8.07 Å². The molecule has 0 spiro atoms. The Balaban J connectivity index is 1.39. The Hall–Kier alpha value is -4.46. The average molecular weight is 513 g/mol. The highest BCUT2D eigenvalue weighted by Gasteiger charge is 2.40. The maximum atomic E-state index is 2.54. The predicted octanol–water partition coefficient (Wildman–Crippen LogP) is 9.28. The molecule has 1 heterocycles. The van der Waals surface area contributed by atoms with Gasteiger partial charge in [-0.05, 0) is 76.1 Å². The van der Waals surface area contributed by atoms with E-state index < -0.39 is 8.07 Å². The highest BCUT2D eigenvalue weighted by atomic mass is 28.3. The summed E-state index contributed by atoms with van der Waals surface area (Å²) < 4.78 is 0. The van der Waals surface area contributed by atoms with E-state index in [1.165, 1.54) is 65.7 Å². The van der Waals surface area contributed by atoms with E-state index in [1.54, 1.807) is 10.4 Å². The zero-order chi connectivity index (χ0) is 26.1. The van der Waals surface area contributed by atoms with Crippen LogP contribution in [-0.4, -0.2) is 8.07 Å². The van der Waals surface area contributed by atoms with Crippen LogP contribution in [0.5, 0.6) is 0 Å². The second-order valence-corrected chi connectivity index (χ2v) is 15.6. The molecule has 0 aromatic heterocycles.